The number of thiazole rings is 1. The predicted octanol–water partition coefficient (Wildman–Crippen LogP) is 1.99. The van der Waals surface area contributed by atoms with Crippen LogP contribution in [0.15, 0.2) is 30.2 Å². The number of aromatic nitrogens is 1. The summed E-state index contributed by atoms with van der Waals surface area (Å²) in [6.45, 7) is 8.36. The number of aryl methyl sites for hydroxylation is 1. The molecule has 0 bridgehead atoms. The van der Waals surface area contributed by atoms with E-state index >= 15 is 0 Å². The summed E-state index contributed by atoms with van der Waals surface area (Å²) in [4.78, 5) is 21.5. The van der Waals surface area contributed by atoms with Crippen LogP contribution in [0.4, 0.5) is 5.13 Å². The van der Waals surface area contributed by atoms with Gasteiger partial charge in [-0.25, -0.2) is 4.98 Å². The molecule has 0 saturated carbocycles. The highest BCUT2D eigenvalue weighted by Crippen LogP contribution is 2.30. The first-order valence-corrected chi connectivity index (χ1v) is 10.6. The van der Waals surface area contributed by atoms with Gasteiger partial charge in [-0.15, -0.1) is 0 Å². The monoisotopic (exact) mass is 402 g/mol. The number of hydrogen-bond acceptors (Lipinski definition) is 7. The summed E-state index contributed by atoms with van der Waals surface area (Å²) in [7, 11) is 0. The molecule has 2 aliphatic heterocycles. The van der Waals surface area contributed by atoms with Crippen molar-refractivity contribution >= 4 is 32.6 Å². The van der Waals surface area contributed by atoms with E-state index in [-0.39, 0.29) is 11.7 Å². The Bertz CT molecular complexity index is 858. The Morgan fingerprint density at radius 1 is 1.25 bits per heavy atom. The van der Waals surface area contributed by atoms with Crippen molar-refractivity contribution in [1.82, 2.24) is 15.2 Å². The lowest BCUT2D eigenvalue weighted by Crippen LogP contribution is -2.48. The van der Waals surface area contributed by atoms with E-state index in [1.165, 1.54) is 16.5 Å². The second kappa shape index (κ2) is 8.79. The molecule has 1 fully saturated rings. The van der Waals surface area contributed by atoms with Crippen LogP contribution in [0.2, 0.25) is 0 Å². The molecule has 28 heavy (non-hydrogen) atoms. The summed E-state index contributed by atoms with van der Waals surface area (Å²) in [6, 6.07) is 6.55. The van der Waals surface area contributed by atoms with Gasteiger partial charge in [0.2, 0.25) is 5.76 Å². The summed E-state index contributed by atoms with van der Waals surface area (Å²) in [6.07, 6.45) is 2.44. The third kappa shape index (κ3) is 4.39. The maximum absolute atomic E-state index is 12.0. The van der Waals surface area contributed by atoms with Crippen molar-refractivity contribution in [2.45, 2.75) is 13.3 Å². The van der Waals surface area contributed by atoms with Crippen LogP contribution in [0.1, 0.15) is 12.5 Å². The van der Waals surface area contributed by atoms with Crippen molar-refractivity contribution in [3.8, 4) is 0 Å². The van der Waals surface area contributed by atoms with Gasteiger partial charge in [0.05, 0.1) is 10.2 Å². The van der Waals surface area contributed by atoms with E-state index in [9.17, 15) is 4.79 Å². The Hall–Kier alpha value is -2.32. The Morgan fingerprint density at radius 2 is 2.11 bits per heavy atom. The number of ether oxygens (including phenoxy) is 2. The summed E-state index contributed by atoms with van der Waals surface area (Å²) in [5.41, 5.74) is 2.45. The normalized spacial score (nSPS) is 17.8. The summed E-state index contributed by atoms with van der Waals surface area (Å²) < 4.78 is 11.7. The molecule has 1 aromatic carbocycles. The zero-order valence-corrected chi connectivity index (χ0v) is 17.0. The van der Waals surface area contributed by atoms with Crippen molar-refractivity contribution in [3.05, 3.63) is 35.8 Å². The molecular weight excluding hydrogens is 376 g/mol. The van der Waals surface area contributed by atoms with Gasteiger partial charge < -0.3 is 19.7 Å². The fourth-order valence-corrected chi connectivity index (χ4v) is 4.46. The van der Waals surface area contributed by atoms with E-state index in [0.29, 0.717) is 19.8 Å². The van der Waals surface area contributed by atoms with Gasteiger partial charge in [0.15, 0.2) is 5.13 Å². The molecule has 4 rings (SSSR count). The third-order valence-electron chi connectivity index (χ3n) is 5.08. The quantitative estimate of drug-likeness (QED) is 0.797. The Morgan fingerprint density at radius 3 is 2.86 bits per heavy atom. The third-order valence-corrected chi connectivity index (χ3v) is 6.16. The number of carbonyl (C=O) groups is 1. The molecule has 1 aromatic heterocycles. The molecule has 0 atom stereocenters. The Kier molecular flexibility index (Phi) is 5.97. The molecule has 0 spiro atoms. The maximum Gasteiger partial charge on any atom is 0.289 e. The smallest absolute Gasteiger partial charge is 0.289 e. The minimum Gasteiger partial charge on any atom is -0.494 e. The van der Waals surface area contributed by atoms with E-state index in [0.717, 1.165) is 49.8 Å². The van der Waals surface area contributed by atoms with E-state index in [2.05, 4.69) is 40.2 Å². The lowest BCUT2D eigenvalue weighted by Gasteiger charge is -2.34. The zero-order chi connectivity index (χ0) is 19.3. The molecule has 0 unspecified atom stereocenters. The molecule has 1 N–H and O–H groups in total. The summed E-state index contributed by atoms with van der Waals surface area (Å²) in [5.74, 6) is 0.0531. The number of fused-ring (bicyclic) bond motifs is 1. The molecule has 8 heteroatoms. The van der Waals surface area contributed by atoms with Gasteiger partial charge in [-0.3, -0.25) is 9.69 Å². The number of carbonyl (C=O) groups excluding carboxylic acids is 1. The molecule has 0 radical (unpaired) electrons. The first kappa shape index (κ1) is 19.0. The molecular formula is C20H26N4O3S. The van der Waals surface area contributed by atoms with Gasteiger partial charge in [0.25, 0.3) is 5.91 Å². The molecule has 3 heterocycles. The van der Waals surface area contributed by atoms with Gasteiger partial charge in [-0.1, -0.05) is 24.3 Å². The number of anilines is 1. The van der Waals surface area contributed by atoms with Crippen molar-refractivity contribution in [2.75, 3.05) is 57.4 Å². The fourth-order valence-electron chi connectivity index (χ4n) is 3.38. The lowest BCUT2D eigenvalue weighted by atomic mass is 10.2. The van der Waals surface area contributed by atoms with Crippen molar-refractivity contribution in [1.29, 1.82) is 0 Å². The highest BCUT2D eigenvalue weighted by Gasteiger charge is 2.20. The Labute approximate surface area is 168 Å². The Balaban J connectivity index is 1.24. The van der Waals surface area contributed by atoms with Crippen LogP contribution in [-0.2, 0) is 20.7 Å². The van der Waals surface area contributed by atoms with E-state index < -0.39 is 0 Å². The minimum atomic E-state index is -0.209. The van der Waals surface area contributed by atoms with E-state index in [4.69, 9.17) is 14.5 Å². The first-order chi connectivity index (χ1) is 13.7. The van der Waals surface area contributed by atoms with Gasteiger partial charge in [0.1, 0.15) is 19.5 Å². The molecule has 7 nitrogen and oxygen atoms in total. The highest BCUT2D eigenvalue weighted by molar-refractivity contribution is 7.22. The minimum absolute atomic E-state index is 0.209. The number of piperazine rings is 1. The van der Waals surface area contributed by atoms with Crippen molar-refractivity contribution in [3.63, 3.8) is 0 Å². The van der Waals surface area contributed by atoms with Crippen LogP contribution < -0.4 is 10.2 Å². The van der Waals surface area contributed by atoms with Crippen molar-refractivity contribution in [2.24, 2.45) is 0 Å². The largest absolute Gasteiger partial charge is 0.494 e. The van der Waals surface area contributed by atoms with E-state index in [1.54, 1.807) is 11.3 Å². The van der Waals surface area contributed by atoms with E-state index in [1.807, 2.05) is 0 Å². The number of hydrogen-bond donors (Lipinski definition) is 1. The number of nitrogens with zero attached hydrogens (tertiary/aromatic N) is 3. The highest BCUT2D eigenvalue weighted by atomic mass is 32.1. The zero-order valence-electron chi connectivity index (χ0n) is 16.1. The van der Waals surface area contributed by atoms with Gasteiger partial charge >= 0.3 is 0 Å². The lowest BCUT2D eigenvalue weighted by molar-refractivity contribution is -0.122. The molecule has 1 saturated heterocycles. The van der Waals surface area contributed by atoms with Gasteiger partial charge in [-0.2, -0.15) is 0 Å². The average molecular weight is 403 g/mol. The number of rotatable bonds is 6. The van der Waals surface area contributed by atoms with Crippen LogP contribution in [0.3, 0.4) is 0 Å². The van der Waals surface area contributed by atoms with Crippen molar-refractivity contribution < 1.29 is 14.3 Å². The molecule has 0 aliphatic carbocycles. The summed E-state index contributed by atoms with van der Waals surface area (Å²) >= 11 is 1.78. The second-order valence-corrected chi connectivity index (χ2v) is 7.95. The maximum atomic E-state index is 12.0. The molecule has 2 aromatic rings. The molecule has 150 valence electrons. The SMILES string of the molecule is CCc1ccc2nc(N3CCN(CCNC(=O)C4=COCCO4)CC3)sc2c1. The number of nitrogens with one attached hydrogen (secondary N) is 1. The molecule has 1 amide bonds. The molecule has 2 aliphatic rings. The fraction of sp³-hybridized carbons (Fsp3) is 0.500. The number of amides is 1. The van der Waals surface area contributed by atoms with Crippen LogP contribution in [0.5, 0.6) is 0 Å². The number of benzene rings is 1. The summed E-state index contributed by atoms with van der Waals surface area (Å²) in [5, 5.41) is 4.00. The van der Waals surface area contributed by atoms with Crippen LogP contribution in [0.25, 0.3) is 10.2 Å². The predicted molar refractivity (Wildman–Crippen MR) is 111 cm³/mol. The van der Waals surface area contributed by atoms with Gasteiger partial charge in [-0.05, 0) is 24.1 Å². The van der Waals surface area contributed by atoms with Crippen LogP contribution in [-0.4, -0.2) is 68.3 Å². The van der Waals surface area contributed by atoms with Crippen LogP contribution in [0, 0.1) is 0 Å². The average Bonchev–Trinajstić information content (AvgIpc) is 3.18. The van der Waals surface area contributed by atoms with Crippen LogP contribution >= 0.6 is 11.3 Å². The van der Waals surface area contributed by atoms with Gasteiger partial charge in [0, 0.05) is 39.3 Å². The topological polar surface area (TPSA) is 66.9 Å². The first-order valence-electron chi connectivity index (χ1n) is 9.82. The second-order valence-electron chi connectivity index (χ2n) is 6.94. The standard InChI is InChI=1S/C20H26N4O3S/c1-2-15-3-4-16-18(13-15)28-20(22-16)24-9-7-23(8-10-24)6-5-21-19(25)17-14-26-11-12-27-17/h3-4,13-14H,2,5-12H2,1H3,(H,21,25).